The van der Waals surface area contributed by atoms with E-state index >= 15 is 0 Å². The molecule has 0 spiro atoms. The summed E-state index contributed by atoms with van der Waals surface area (Å²) in [6.45, 7) is 0. The molecule has 3 aromatic carbocycles. The van der Waals surface area contributed by atoms with Crippen LogP contribution in [0.1, 0.15) is 0 Å². The Bertz CT molecular complexity index is 1000. The van der Waals surface area contributed by atoms with Gasteiger partial charge in [-0.25, -0.2) is 4.39 Å². The number of halogens is 1. The molecule has 4 aromatic rings. The first-order valence-corrected chi connectivity index (χ1v) is 8.16. The molecule has 23 heavy (non-hydrogen) atoms. The summed E-state index contributed by atoms with van der Waals surface area (Å²) in [7, 11) is 0. The zero-order chi connectivity index (χ0) is 15.8. The molecule has 0 aliphatic rings. The highest BCUT2D eigenvalue weighted by Gasteiger charge is 2.12. The number of thiophene rings is 1. The van der Waals surface area contributed by atoms with Gasteiger partial charge in [-0.2, -0.15) is 0 Å². The van der Waals surface area contributed by atoms with Gasteiger partial charge < -0.3 is 5.11 Å². The molecule has 1 heterocycles. The van der Waals surface area contributed by atoms with Gasteiger partial charge in [0, 0.05) is 15.8 Å². The number of benzene rings is 3. The predicted molar refractivity (Wildman–Crippen MR) is 94.3 cm³/mol. The zero-order valence-electron chi connectivity index (χ0n) is 12.2. The Kier molecular flexibility index (Phi) is 3.36. The topological polar surface area (TPSA) is 20.2 Å². The van der Waals surface area contributed by atoms with Crippen molar-refractivity contribution in [2.24, 2.45) is 0 Å². The number of hydrogen-bond donors (Lipinski definition) is 1. The van der Waals surface area contributed by atoms with E-state index < -0.39 is 0 Å². The standard InChI is InChI=1S/C20H13FOS/c21-13-11-20(23-12-13)18-10-9-16(14-5-1-2-6-15(14)18)17-7-3-4-8-19(17)22/h1-12,22H. The van der Waals surface area contributed by atoms with E-state index in [9.17, 15) is 9.50 Å². The number of hydrogen-bond acceptors (Lipinski definition) is 2. The van der Waals surface area contributed by atoms with Gasteiger partial charge in [-0.1, -0.05) is 54.6 Å². The van der Waals surface area contributed by atoms with Crippen LogP contribution >= 0.6 is 11.3 Å². The largest absolute Gasteiger partial charge is 0.507 e. The summed E-state index contributed by atoms with van der Waals surface area (Å²) in [5.74, 6) is 0.0476. The fraction of sp³-hybridized carbons (Fsp3) is 0. The molecule has 0 radical (unpaired) electrons. The monoisotopic (exact) mass is 320 g/mol. The highest BCUT2D eigenvalue weighted by atomic mass is 32.1. The number of fused-ring (bicyclic) bond motifs is 1. The van der Waals surface area contributed by atoms with Gasteiger partial charge >= 0.3 is 0 Å². The minimum absolute atomic E-state index is 0.209. The lowest BCUT2D eigenvalue weighted by molar-refractivity contribution is 0.477. The Hall–Kier alpha value is -2.65. The van der Waals surface area contributed by atoms with E-state index in [4.69, 9.17) is 0 Å². The molecule has 0 amide bonds. The van der Waals surface area contributed by atoms with Crippen molar-refractivity contribution >= 4 is 22.1 Å². The summed E-state index contributed by atoms with van der Waals surface area (Å²) >= 11 is 1.40. The Morgan fingerprint density at radius 2 is 1.39 bits per heavy atom. The fourth-order valence-electron chi connectivity index (χ4n) is 2.90. The summed E-state index contributed by atoms with van der Waals surface area (Å²) < 4.78 is 13.4. The molecule has 0 atom stereocenters. The smallest absolute Gasteiger partial charge is 0.134 e. The molecule has 0 bridgehead atoms. The summed E-state index contributed by atoms with van der Waals surface area (Å²) in [6.07, 6.45) is 0. The van der Waals surface area contributed by atoms with Gasteiger partial charge in [0.05, 0.1) is 0 Å². The van der Waals surface area contributed by atoms with Crippen LogP contribution in [0.4, 0.5) is 4.39 Å². The molecule has 1 aromatic heterocycles. The minimum atomic E-state index is -0.209. The first-order valence-electron chi connectivity index (χ1n) is 7.28. The van der Waals surface area contributed by atoms with Gasteiger partial charge in [-0.05, 0) is 34.0 Å². The average Bonchev–Trinajstić information content (AvgIpc) is 3.01. The Labute approximate surface area is 137 Å². The Morgan fingerprint density at radius 3 is 2.09 bits per heavy atom. The maximum absolute atomic E-state index is 13.4. The average molecular weight is 320 g/mol. The SMILES string of the molecule is Oc1ccccc1-c1ccc(-c2cc(F)cs2)c2ccccc12. The van der Waals surface area contributed by atoms with E-state index in [0.29, 0.717) is 0 Å². The lowest BCUT2D eigenvalue weighted by atomic mass is 9.94. The van der Waals surface area contributed by atoms with Crippen molar-refractivity contribution in [1.82, 2.24) is 0 Å². The third-order valence-electron chi connectivity index (χ3n) is 3.95. The van der Waals surface area contributed by atoms with Crippen molar-refractivity contribution in [2.45, 2.75) is 0 Å². The van der Waals surface area contributed by atoms with Crippen molar-refractivity contribution in [3.63, 3.8) is 0 Å². The molecule has 0 saturated heterocycles. The van der Waals surface area contributed by atoms with Crippen LogP contribution < -0.4 is 0 Å². The maximum Gasteiger partial charge on any atom is 0.134 e. The molecule has 1 N–H and O–H groups in total. The molecule has 0 saturated carbocycles. The number of phenolic OH excluding ortho intramolecular Hbond substituents is 1. The van der Waals surface area contributed by atoms with E-state index in [1.54, 1.807) is 12.1 Å². The van der Waals surface area contributed by atoms with Crippen molar-refractivity contribution in [1.29, 1.82) is 0 Å². The molecule has 0 aliphatic heterocycles. The first kappa shape index (κ1) is 14.0. The fourth-order valence-corrected chi connectivity index (χ4v) is 3.70. The molecule has 1 nitrogen and oxygen atoms in total. The molecular formula is C20H13FOS. The van der Waals surface area contributed by atoms with Crippen LogP contribution in [0.3, 0.4) is 0 Å². The zero-order valence-corrected chi connectivity index (χ0v) is 13.0. The van der Waals surface area contributed by atoms with E-state index in [2.05, 4.69) is 0 Å². The number of rotatable bonds is 2. The predicted octanol–water partition coefficient (Wildman–Crippen LogP) is 6.08. The van der Waals surface area contributed by atoms with Crippen molar-refractivity contribution in [3.8, 4) is 27.3 Å². The quantitative estimate of drug-likeness (QED) is 0.474. The van der Waals surface area contributed by atoms with Gasteiger partial charge in [-0.3, -0.25) is 0 Å². The molecule has 0 unspecified atom stereocenters. The molecule has 4 rings (SSSR count). The third-order valence-corrected chi connectivity index (χ3v) is 4.89. The first-order chi connectivity index (χ1) is 11.2. The summed E-state index contributed by atoms with van der Waals surface area (Å²) in [4.78, 5) is 0.905. The second kappa shape index (κ2) is 5.52. The van der Waals surface area contributed by atoms with Gasteiger partial charge in [-0.15, -0.1) is 11.3 Å². The number of aromatic hydroxyl groups is 1. The molecule has 3 heteroatoms. The van der Waals surface area contributed by atoms with Gasteiger partial charge in [0.25, 0.3) is 0 Å². The molecule has 0 fully saturated rings. The third kappa shape index (κ3) is 2.39. The number of para-hydroxylation sites is 1. The highest BCUT2D eigenvalue weighted by Crippen LogP contribution is 2.39. The van der Waals surface area contributed by atoms with Gasteiger partial charge in [0.1, 0.15) is 11.6 Å². The lowest BCUT2D eigenvalue weighted by Crippen LogP contribution is -1.85. The Balaban J connectivity index is 2.02. The van der Waals surface area contributed by atoms with Crippen molar-refractivity contribution < 1.29 is 9.50 Å². The van der Waals surface area contributed by atoms with E-state index in [-0.39, 0.29) is 11.6 Å². The molecular weight excluding hydrogens is 307 g/mol. The Morgan fingerprint density at radius 1 is 0.739 bits per heavy atom. The van der Waals surface area contributed by atoms with Crippen LogP contribution in [0.2, 0.25) is 0 Å². The summed E-state index contributed by atoms with van der Waals surface area (Å²) in [5.41, 5.74) is 2.78. The van der Waals surface area contributed by atoms with Crippen LogP contribution in [-0.2, 0) is 0 Å². The normalized spacial score (nSPS) is 11.0. The van der Waals surface area contributed by atoms with Crippen LogP contribution in [0.5, 0.6) is 5.75 Å². The van der Waals surface area contributed by atoms with E-state index in [0.717, 1.165) is 32.3 Å². The lowest BCUT2D eigenvalue weighted by Gasteiger charge is -2.12. The maximum atomic E-state index is 13.4. The number of phenols is 1. The van der Waals surface area contributed by atoms with Crippen molar-refractivity contribution in [3.05, 3.63) is 77.9 Å². The van der Waals surface area contributed by atoms with Crippen LogP contribution in [-0.4, -0.2) is 5.11 Å². The minimum Gasteiger partial charge on any atom is -0.507 e. The summed E-state index contributed by atoms with van der Waals surface area (Å²) in [6, 6.07) is 20.9. The van der Waals surface area contributed by atoms with Gasteiger partial charge in [0.15, 0.2) is 0 Å². The summed E-state index contributed by atoms with van der Waals surface area (Å²) in [5, 5.41) is 13.8. The van der Waals surface area contributed by atoms with E-state index in [1.807, 2.05) is 54.6 Å². The molecule has 112 valence electrons. The second-order valence-corrected chi connectivity index (χ2v) is 6.26. The van der Waals surface area contributed by atoms with Crippen LogP contribution in [0.15, 0.2) is 72.1 Å². The van der Waals surface area contributed by atoms with Crippen LogP contribution in [0.25, 0.3) is 32.3 Å². The van der Waals surface area contributed by atoms with E-state index in [1.165, 1.54) is 16.7 Å². The molecule has 0 aliphatic carbocycles. The van der Waals surface area contributed by atoms with Gasteiger partial charge in [0.2, 0.25) is 0 Å². The van der Waals surface area contributed by atoms with Crippen molar-refractivity contribution in [2.75, 3.05) is 0 Å². The highest BCUT2D eigenvalue weighted by molar-refractivity contribution is 7.13. The second-order valence-electron chi connectivity index (χ2n) is 5.35. The van der Waals surface area contributed by atoms with Crippen LogP contribution in [0, 0.1) is 5.82 Å².